The van der Waals surface area contributed by atoms with Gasteiger partial charge in [-0.1, -0.05) is 23.2 Å². The predicted octanol–water partition coefficient (Wildman–Crippen LogP) is 5.06. The van der Waals surface area contributed by atoms with Crippen LogP contribution in [-0.4, -0.2) is 4.57 Å². The van der Waals surface area contributed by atoms with Gasteiger partial charge in [-0.2, -0.15) is 11.3 Å². The number of fused-ring (bicyclic) bond motifs is 1. The first-order valence-electron chi connectivity index (χ1n) is 5.19. The van der Waals surface area contributed by atoms with Crippen LogP contribution in [-0.2, 0) is 6.54 Å². The molecule has 0 aliphatic heterocycles. The van der Waals surface area contributed by atoms with Crippen molar-refractivity contribution in [3.63, 3.8) is 0 Å². The van der Waals surface area contributed by atoms with E-state index in [1.54, 1.807) is 17.4 Å². The topological polar surface area (TPSA) is 4.93 Å². The molecular formula is C13H9Cl2NS. The Labute approximate surface area is 113 Å². The summed E-state index contributed by atoms with van der Waals surface area (Å²) in [5.41, 5.74) is 2.37. The van der Waals surface area contributed by atoms with E-state index in [9.17, 15) is 0 Å². The molecule has 2 aromatic heterocycles. The molecule has 0 saturated carbocycles. The lowest BCUT2D eigenvalue weighted by atomic mass is 10.2. The zero-order chi connectivity index (χ0) is 11.8. The minimum absolute atomic E-state index is 0.674. The molecule has 86 valence electrons. The van der Waals surface area contributed by atoms with Gasteiger partial charge in [-0.3, -0.25) is 0 Å². The van der Waals surface area contributed by atoms with Gasteiger partial charge in [0.2, 0.25) is 0 Å². The van der Waals surface area contributed by atoms with Gasteiger partial charge in [-0.15, -0.1) is 0 Å². The number of halogens is 2. The molecule has 0 fully saturated rings. The minimum atomic E-state index is 0.674. The maximum Gasteiger partial charge on any atom is 0.0514 e. The maximum atomic E-state index is 6.16. The molecule has 0 aliphatic rings. The summed E-state index contributed by atoms with van der Waals surface area (Å²) in [6, 6.07) is 7.89. The second kappa shape index (κ2) is 4.37. The first-order chi connectivity index (χ1) is 8.24. The molecule has 3 rings (SSSR count). The van der Waals surface area contributed by atoms with Crippen molar-refractivity contribution >= 4 is 45.4 Å². The Balaban J connectivity index is 2.11. The Bertz CT molecular complexity index is 655. The minimum Gasteiger partial charge on any atom is -0.343 e. The van der Waals surface area contributed by atoms with E-state index in [4.69, 9.17) is 23.2 Å². The number of rotatable bonds is 2. The zero-order valence-electron chi connectivity index (χ0n) is 8.86. The molecule has 3 aromatic rings. The summed E-state index contributed by atoms with van der Waals surface area (Å²) in [5.74, 6) is 0. The predicted molar refractivity (Wildman–Crippen MR) is 75.4 cm³/mol. The summed E-state index contributed by atoms with van der Waals surface area (Å²) in [4.78, 5) is 0. The van der Waals surface area contributed by atoms with Crippen LogP contribution in [0.5, 0.6) is 0 Å². The first-order valence-corrected chi connectivity index (χ1v) is 6.89. The number of hydrogen-bond acceptors (Lipinski definition) is 1. The number of aromatic nitrogens is 1. The van der Waals surface area contributed by atoms with Crippen LogP contribution in [0.15, 0.2) is 41.2 Å². The van der Waals surface area contributed by atoms with E-state index in [0.717, 1.165) is 17.4 Å². The van der Waals surface area contributed by atoms with Crippen molar-refractivity contribution in [1.29, 1.82) is 0 Å². The molecule has 0 atom stereocenters. The van der Waals surface area contributed by atoms with Crippen LogP contribution < -0.4 is 0 Å². The van der Waals surface area contributed by atoms with E-state index in [-0.39, 0.29) is 0 Å². The second-order valence-corrected chi connectivity index (χ2v) is 5.52. The molecule has 0 amide bonds. The fourth-order valence-corrected chi connectivity index (χ4v) is 3.14. The fraction of sp³-hybridized carbons (Fsp3) is 0.0769. The van der Waals surface area contributed by atoms with Crippen LogP contribution in [0.4, 0.5) is 0 Å². The highest BCUT2D eigenvalue weighted by atomic mass is 35.5. The van der Waals surface area contributed by atoms with Crippen LogP contribution in [0.3, 0.4) is 0 Å². The number of benzene rings is 1. The Morgan fingerprint density at radius 1 is 1.18 bits per heavy atom. The molecule has 0 spiro atoms. The van der Waals surface area contributed by atoms with Gasteiger partial charge in [0.15, 0.2) is 0 Å². The molecule has 0 saturated heterocycles. The Morgan fingerprint density at radius 3 is 2.82 bits per heavy atom. The third kappa shape index (κ3) is 2.08. The normalized spacial score (nSPS) is 11.2. The van der Waals surface area contributed by atoms with Crippen molar-refractivity contribution in [2.45, 2.75) is 6.54 Å². The summed E-state index contributed by atoms with van der Waals surface area (Å²) >= 11 is 13.9. The highest BCUT2D eigenvalue weighted by Gasteiger charge is 2.06. The van der Waals surface area contributed by atoms with Gasteiger partial charge >= 0.3 is 0 Å². The lowest BCUT2D eigenvalue weighted by molar-refractivity contribution is 0.840. The highest BCUT2D eigenvalue weighted by molar-refractivity contribution is 7.07. The molecule has 1 aromatic carbocycles. The van der Waals surface area contributed by atoms with E-state index in [0.29, 0.717) is 10.0 Å². The lowest BCUT2D eigenvalue weighted by Gasteiger charge is -2.04. The summed E-state index contributed by atoms with van der Waals surface area (Å²) < 4.78 is 2.16. The number of thiophene rings is 1. The molecular weight excluding hydrogens is 273 g/mol. The van der Waals surface area contributed by atoms with Crippen molar-refractivity contribution in [2.24, 2.45) is 0 Å². The van der Waals surface area contributed by atoms with Crippen LogP contribution in [0, 0.1) is 0 Å². The molecule has 0 radical (unpaired) electrons. The van der Waals surface area contributed by atoms with E-state index in [1.807, 2.05) is 18.3 Å². The van der Waals surface area contributed by atoms with Crippen LogP contribution in [0.2, 0.25) is 10.0 Å². The van der Waals surface area contributed by atoms with Crippen LogP contribution in [0.1, 0.15) is 5.56 Å². The van der Waals surface area contributed by atoms with Gasteiger partial charge < -0.3 is 4.57 Å². The standard InChI is InChI=1S/C13H9Cl2NS/c14-10-5-12(15)11-1-3-16(13(11)6-10)7-9-2-4-17-8-9/h1-6,8H,7H2. The summed E-state index contributed by atoms with van der Waals surface area (Å²) in [6.45, 7) is 0.851. The molecule has 2 heterocycles. The van der Waals surface area contributed by atoms with E-state index < -0.39 is 0 Å². The van der Waals surface area contributed by atoms with Gasteiger partial charge in [-0.25, -0.2) is 0 Å². The molecule has 0 bridgehead atoms. The largest absolute Gasteiger partial charge is 0.343 e. The number of nitrogens with zero attached hydrogens (tertiary/aromatic N) is 1. The molecule has 1 nitrogen and oxygen atoms in total. The quantitative estimate of drug-likeness (QED) is 0.619. The van der Waals surface area contributed by atoms with E-state index in [1.165, 1.54) is 5.56 Å². The number of hydrogen-bond donors (Lipinski definition) is 0. The van der Waals surface area contributed by atoms with Crippen molar-refractivity contribution in [3.8, 4) is 0 Å². The maximum absolute atomic E-state index is 6.16. The van der Waals surface area contributed by atoms with Gasteiger partial charge in [0, 0.05) is 23.2 Å². The average Bonchev–Trinajstić information content (AvgIpc) is 2.89. The molecule has 0 aliphatic carbocycles. The van der Waals surface area contributed by atoms with Gasteiger partial charge in [0.25, 0.3) is 0 Å². The van der Waals surface area contributed by atoms with Crippen molar-refractivity contribution < 1.29 is 0 Å². The molecule has 0 unspecified atom stereocenters. The van der Waals surface area contributed by atoms with Crippen molar-refractivity contribution in [3.05, 3.63) is 56.8 Å². The van der Waals surface area contributed by atoms with E-state index in [2.05, 4.69) is 21.4 Å². The van der Waals surface area contributed by atoms with Gasteiger partial charge in [-0.05, 0) is 40.6 Å². The fourth-order valence-electron chi connectivity index (χ4n) is 1.94. The van der Waals surface area contributed by atoms with E-state index >= 15 is 0 Å². The first kappa shape index (κ1) is 11.1. The lowest BCUT2D eigenvalue weighted by Crippen LogP contribution is -1.95. The van der Waals surface area contributed by atoms with Crippen molar-refractivity contribution in [1.82, 2.24) is 4.57 Å². The highest BCUT2D eigenvalue weighted by Crippen LogP contribution is 2.29. The third-order valence-electron chi connectivity index (χ3n) is 2.74. The van der Waals surface area contributed by atoms with Gasteiger partial charge in [0.1, 0.15) is 0 Å². The molecule has 0 N–H and O–H groups in total. The van der Waals surface area contributed by atoms with Crippen LogP contribution >= 0.6 is 34.5 Å². The zero-order valence-corrected chi connectivity index (χ0v) is 11.2. The summed E-state index contributed by atoms with van der Waals surface area (Å²) in [6.07, 6.45) is 2.05. The third-order valence-corrected chi connectivity index (χ3v) is 4.00. The van der Waals surface area contributed by atoms with Gasteiger partial charge in [0.05, 0.1) is 10.5 Å². The molecule has 4 heteroatoms. The summed E-state index contributed by atoms with van der Waals surface area (Å²) in [7, 11) is 0. The Morgan fingerprint density at radius 2 is 2.06 bits per heavy atom. The van der Waals surface area contributed by atoms with Crippen LogP contribution in [0.25, 0.3) is 10.9 Å². The average molecular weight is 282 g/mol. The Hall–Kier alpha value is -0.960. The SMILES string of the molecule is Clc1cc(Cl)c2ccn(Cc3ccsc3)c2c1. The van der Waals surface area contributed by atoms with Crippen molar-refractivity contribution in [2.75, 3.05) is 0 Å². The second-order valence-electron chi connectivity index (χ2n) is 3.90. The molecule has 17 heavy (non-hydrogen) atoms. The Kier molecular flexibility index (Phi) is 2.87. The summed E-state index contributed by atoms with van der Waals surface area (Å²) in [5, 5.41) is 6.66. The monoisotopic (exact) mass is 281 g/mol. The smallest absolute Gasteiger partial charge is 0.0514 e.